The molecule has 30 heavy (non-hydrogen) atoms. The van der Waals surface area contributed by atoms with E-state index in [1.807, 2.05) is 0 Å². The van der Waals surface area contributed by atoms with Crippen molar-refractivity contribution in [2.45, 2.75) is 71.9 Å². The van der Waals surface area contributed by atoms with Gasteiger partial charge in [0, 0.05) is 36.1 Å². The Bertz CT molecular complexity index is 1020. The molecule has 2 aromatic carbocycles. The summed E-state index contributed by atoms with van der Waals surface area (Å²) in [5.74, 6) is 1.00. The highest BCUT2D eigenvalue weighted by Gasteiger charge is 2.20. The number of rotatable bonds is 6. The third-order valence-corrected chi connectivity index (χ3v) is 6.72. The smallest absolute Gasteiger partial charge is 0.220 e. The van der Waals surface area contributed by atoms with Crippen LogP contribution in [0.4, 0.5) is 0 Å². The fourth-order valence-electron chi connectivity index (χ4n) is 4.76. The van der Waals surface area contributed by atoms with Crippen LogP contribution in [0.2, 0.25) is 0 Å². The quantitative estimate of drug-likeness (QED) is 0.544. The number of carbonyl (C=O) groups excluding carboxylic acids is 1. The molecule has 3 heteroatoms. The maximum Gasteiger partial charge on any atom is 0.220 e. The summed E-state index contributed by atoms with van der Waals surface area (Å²) in [6.07, 6.45) is 8.32. The lowest BCUT2D eigenvalue weighted by atomic mass is 9.87. The van der Waals surface area contributed by atoms with Crippen molar-refractivity contribution in [1.82, 2.24) is 9.88 Å². The topological polar surface area (TPSA) is 34.0 Å². The van der Waals surface area contributed by atoms with Gasteiger partial charge < -0.3 is 9.88 Å². The fourth-order valence-corrected chi connectivity index (χ4v) is 4.76. The Balaban J connectivity index is 1.47. The number of benzene rings is 2. The van der Waals surface area contributed by atoms with Gasteiger partial charge in [0.1, 0.15) is 0 Å². The summed E-state index contributed by atoms with van der Waals surface area (Å²) in [7, 11) is 0. The molecular formula is C27H34N2O. The zero-order valence-corrected chi connectivity index (χ0v) is 18.6. The standard InChI is InChI=1S/C27H34N2O/c1-19-9-13-24(14-10-19)28-27(30)15-12-22-17-29(26-7-5-4-6-25(22)26)18-23-16-20(2)8-11-21(23)3/h4-8,11,16-17,19,24H,9-10,12-15,18H2,1-3H3,(H,28,30). The summed E-state index contributed by atoms with van der Waals surface area (Å²) < 4.78 is 2.34. The number of nitrogens with one attached hydrogen (secondary N) is 1. The van der Waals surface area contributed by atoms with Gasteiger partial charge in [-0.3, -0.25) is 4.79 Å². The highest BCUT2D eigenvalue weighted by Crippen LogP contribution is 2.26. The van der Waals surface area contributed by atoms with E-state index in [9.17, 15) is 4.79 Å². The van der Waals surface area contributed by atoms with Crippen LogP contribution in [0.5, 0.6) is 0 Å². The van der Waals surface area contributed by atoms with Gasteiger partial charge in [-0.25, -0.2) is 0 Å². The number of aryl methyl sites for hydroxylation is 3. The van der Waals surface area contributed by atoms with Crippen molar-refractivity contribution in [3.8, 4) is 0 Å². The van der Waals surface area contributed by atoms with Crippen molar-refractivity contribution in [3.05, 3.63) is 70.9 Å². The summed E-state index contributed by atoms with van der Waals surface area (Å²) in [5, 5.41) is 4.54. The van der Waals surface area contributed by atoms with E-state index in [2.05, 4.69) is 79.3 Å². The van der Waals surface area contributed by atoms with Gasteiger partial charge in [0.2, 0.25) is 5.91 Å². The van der Waals surface area contributed by atoms with Crippen molar-refractivity contribution < 1.29 is 4.79 Å². The third kappa shape index (κ3) is 4.77. The minimum Gasteiger partial charge on any atom is -0.353 e. The molecule has 4 rings (SSSR count). The van der Waals surface area contributed by atoms with Crippen LogP contribution in [0.15, 0.2) is 48.7 Å². The number of fused-ring (bicyclic) bond motifs is 1. The molecular weight excluding hydrogens is 368 g/mol. The number of hydrogen-bond donors (Lipinski definition) is 1. The van der Waals surface area contributed by atoms with Gasteiger partial charge in [-0.05, 0) is 74.6 Å². The number of hydrogen-bond acceptors (Lipinski definition) is 1. The van der Waals surface area contributed by atoms with Gasteiger partial charge in [-0.2, -0.15) is 0 Å². The molecule has 1 aliphatic rings. The van der Waals surface area contributed by atoms with Gasteiger partial charge in [0.05, 0.1) is 0 Å². The van der Waals surface area contributed by atoms with Gasteiger partial charge in [0.25, 0.3) is 0 Å². The van der Waals surface area contributed by atoms with Crippen molar-refractivity contribution in [2.75, 3.05) is 0 Å². The molecule has 3 aromatic rings. The van der Waals surface area contributed by atoms with E-state index in [-0.39, 0.29) is 5.91 Å². The van der Waals surface area contributed by atoms with E-state index in [0.717, 1.165) is 31.7 Å². The number of para-hydroxylation sites is 1. The Kier molecular flexibility index (Phi) is 6.26. The summed E-state index contributed by atoms with van der Waals surface area (Å²) in [6.45, 7) is 7.50. The Labute approximate surface area is 180 Å². The van der Waals surface area contributed by atoms with E-state index in [1.54, 1.807) is 0 Å². The second kappa shape index (κ2) is 9.07. The van der Waals surface area contributed by atoms with Gasteiger partial charge in [0.15, 0.2) is 0 Å². The first-order valence-corrected chi connectivity index (χ1v) is 11.4. The molecule has 3 nitrogen and oxygen atoms in total. The second-order valence-electron chi connectivity index (χ2n) is 9.25. The SMILES string of the molecule is Cc1ccc(C)c(Cn2cc(CCC(=O)NC3CCC(C)CC3)c3ccccc32)c1. The first kappa shape index (κ1) is 20.7. The average molecular weight is 403 g/mol. The normalized spacial score (nSPS) is 19.2. The molecule has 0 bridgehead atoms. The Morgan fingerprint density at radius 1 is 1.03 bits per heavy atom. The van der Waals surface area contributed by atoms with E-state index in [4.69, 9.17) is 0 Å². The van der Waals surface area contributed by atoms with Crippen LogP contribution in [0.25, 0.3) is 10.9 Å². The molecule has 0 unspecified atom stereocenters. The summed E-state index contributed by atoms with van der Waals surface area (Å²) in [4.78, 5) is 12.6. The van der Waals surface area contributed by atoms with Crippen molar-refractivity contribution in [3.63, 3.8) is 0 Å². The number of nitrogens with zero attached hydrogens (tertiary/aromatic N) is 1. The summed E-state index contributed by atoms with van der Waals surface area (Å²) >= 11 is 0. The molecule has 1 aromatic heterocycles. The molecule has 0 saturated heterocycles. The van der Waals surface area contributed by atoms with Crippen LogP contribution >= 0.6 is 0 Å². The summed E-state index contributed by atoms with van der Waals surface area (Å²) in [5.41, 5.74) is 6.48. The predicted molar refractivity (Wildman–Crippen MR) is 125 cm³/mol. The lowest BCUT2D eigenvalue weighted by Crippen LogP contribution is -2.37. The third-order valence-electron chi connectivity index (χ3n) is 6.72. The monoisotopic (exact) mass is 402 g/mol. The van der Waals surface area contributed by atoms with Crippen LogP contribution in [-0.4, -0.2) is 16.5 Å². The van der Waals surface area contributed by atoms with Gasteiger partial charge >= 0.3 is 0 Å². The van der Waals surface area contributed by atoms with E-state index in [1.165, 1.54) is 46.0 Å². The molecule has 1 N–H and O–H groups in total. The van der Waals surface area contributed by atoms with Crippen LogP contribution in [0.3, 0.4) is 0 Å². The molecule has 158 valence electrons. The fraction of sp³-hybridized carbons (Fsp3) is 0.444. The average Bonchev–Trinajstić information content (AvgIpc) is 3.09. The molecule has 0 radical (unpaired) electrons. The van der Waals surface area contributed by atoms with E-state index in [0.29, 0.717) is 12.5 Å². The first-order valence-electron chi connectivity index (χ1n) is 11.4. The molecule has 0 atom stereocenters. The lowest BCUT2D eigenvalue weighted by molar-refractivity contribution is -0.122. The Morgan fingerprint density at radius 2 is 1.80 bits per heavy atom. The largest absolute Gasteiger partial charge is 0.353 e. The molecule has 1 amide bonds. The summed E-state index contributed by atoms with van der Waals surface area (Å²) in [6, 6.07) is 15.6. The highest BCUT2D eigenvalue weighted by molar-refractivity contribution is 5.85. The predicted octanol–water partition coefficient (Wildman–Crippen LogP) is 5.93. The molecule has 1 heterocycles. The number of carbonyl (C=O) groups is 1. The highest BCUT2D eigenvalue weighted by atomic mass is 16.1. The first-order chi connectivity index (χ1) is 14.5. The molecule has 1 aliphatic carbocycles. The number of aromatic nitrogens is 1. The van der Waals surface area contributed by atoms with Crippen molar-refractivity contribution in [1.29, 1.82) is 0 Å². The molecule has 0 aliphatic heterocycles. The minimum absolute atomic E-state index is 0.195. The lowest BCUT2D eigenvalue weighted by Gasteiger charge is -2.26. The number of amides is 1. The Morgan fingerprint density at radius 3 is 2.60 bits per heavy atom. The van der Waals surface area contributed by atoms with Crippen molar-refractivity contribution in [2.24, 2.45) is 5.92 Å². The van der Waals surface area contributed by atoms with Crippen LogP contribution in [-0.2, 0) is 17.8 Å². The van der Waals surface area contributed by atoms with Gasteiger partial charge in [-0.1, -0.05) is 48.9 Å². The Hall–Kier alpha value is -2.55. The zero-order valence-electron chi connectivity index (χ0n) is 18.6. The maximum atomic E-state index is 12.6. The van der Waals surface area contributed by atoms with Crippen LogP contribution in [0.1, 0.15) is 61.3 Å². The molecule has 0 spiro atoms. The molecule has 1 saturated carbocycles. The zero-order chi connectivity index (χ0) is 21.1. The maximum absolute atomic E-state index is 12.6. The van der Waals surface area contributed by atoms with E-state index >= 15 is 0 Å². The minimum atomic E-state index is 0.195. The molecule has 1 fully saturated rings. The van der Waals surface area contributed by atoms with Crippen LogP contribution < -0.4 is 5.32 Å². The van der Waals surface area contributed by atoms with Crippen molar-refractivity contribution >= 4 is 16.8 Å². The van der Waals surface area contributed by atoms with Gasteiger partial charge in [-0.15, -0.1) is 0 Å². The van der Waals surface area contributed by atoms with E-state index < -0.39 is 0 Å². The van der Waals surface area contributed by atoms with Crippen LogP contribution in [0, 0.1) is 19.8 Å². The second-order valence-corrected chi connectivity index (χ2v) is 9.25.